The second-order valence-corrected chi connectivity index (χ2v) is 7.59. The Morgan fingerprint density at radius 1 is 1.22 bits per heavy atom. The molecule has 0 saturated heterocycles. The van der Waals surface area contributed by atoms with Crippen molar-refractivity contribution in [2.75, 3.05) is 7.11 Å². The molecule has 0 N–H and O–H groups in total. The average molecular weight is 385 g/mol. The molecule has 0 spiro atoms. The molecule has 1 aliphatic carbocycles. The van der Waals surface area contributed by atoms with Crippen LogP contribution in [-0.2, 0) is 12.3 Å². The van der Waals surface area contributed by atoms with Gasteiger partial charge in [-0.25, -0.2) is 0 Å². The lowest BCUT2D eigenvalue weighted by atomic mass is 10.2. The summed E-state index contributed by atoms with van der Waals surface area (Å²) in [7, 11) is 1.67. The Balaban J connectivity index is 1.52. The van der Waals surface area contributed by atoms with Crippen LogP contribution in [-0.4, -0.2) is 32.0 Å². The van der Waals surface area contributed by atoms with Gasteiger partial charge in [0.25, 0.3) is 0 Å². The van der Waals surface area contributed by atoms with E-state index in [0.717, 1.165) is 66.2 Å². The van der Waals surface area contributed by atoms with Crippen molar-refractivity contribution in [2.45, 2.75) is 56.0 Å². The summed E-state index contributed by atoms with van der Waals surface area (Å²) in [6.07, 6.45) is 4.50. The van der Waals surface area contributed by atoms with Crippen LogP contribution in [0.3, 0.4) is 0 Å². The topological polar surface area (TPSA) is 78.9 Å². The molecule has 0 radical (unpaired) electrons. The number of unbranched alkanes of at least 4 members (excludes halogenated alkanes) is 1. The summed E-state index contributed by atoms with van der Waals surface area (Å²) in [5.41, 5.74) is 1.03. The minimum Gasteiger partial charge on any atom is -0.497 e. The van der Waals surface area contributed by atoms with Crippen LogP contribution in [0.1, 0.15) is 50.2 Å². The van der Waals surface area contributed by atoms with Gasteiger partial charge in [-0.2, -0.15) is 4.98 Å². The van der Waals surface area contributed by atoms with E-state index in [-0.39, 0.29) is 0 Å². The largest absolute Gasteiger partial charge is 0.497 e. The van der Waals surface area contributed by atoms with E-state index in [2.05, 4.69) is 31.8 Å². The van der Waals surface area contributed by atoms with E-state index < -0.39 is 0 Å². The molecule has 0 aliphatic heterocycles. The van der Waals surface area contributed by atoms with Gasteiger partial charge in [-0.1, -0.05) is 30.3 Å². The minimum absolute atomic E-state index is 0.478. The van der Waals surface area contributed by atoms with Crippen LogP contribution in [0.2, 0.25) is 0 Å². The first-order valence-electron chi connectivity index (χ1n) is 9.31. The fourth-order valence-electron chi connectivity index (χ4n) is 2.82. The zero-order valence-electron chi connectivity index (χ0n) is 15.6. The molecule has 1 aliphatic rings. The van der Waals surface area contributed by atoms with Gasteiger partial charge in [0.05, 0.1) is 12.9 Å². The van der Waals surface area contributed by atoms with Gasteiger partial charge < -0.3 is 13.8 Å². The van der Waals surface area contributed by atoms with Crippen LogP contribution >= 0.6 is 11.8 Å². The van der Waals surface area contributed by atoms with Crippen LogP contribution in [0, 0.1) is 0 Å². The van der Waals surface area contributed by atoms with Gasteiger partial charge in [-0.3, -0.25) is 0 Å². The molecule has 3 aromatic rings. The highest BCUT2D eigenvalue weighted by Gasteiger charge is 2.29. The molecule has 1 fully saturated rings. The number of rotatable bonds is 9. The molecule has 2 heterocycles. The number of hydrogen-bond donors (Lipinski definition) is 0. The number of hydrogen-bond acceptors (Lipinski definition) is 7. The lowest BCUT2D eigenvalue weighted by Gasteiger charge is -2.09. The molecule has 27 heavy (non-hydrogen) atoms. The van der Waals surface area contributed by atoms with E-state index in [4.69, 9.17) is 9.26 Å². The molecule has 0 amide bonds. The predicted octanol–water partition coefficient (Wildman–Crippen LogP) is 4.31. The molecule has 1 saturated carbocycles. The van der Waals surface area contributed by atoms with Crippen LogP contribution in [0.25, 0.3) is 11.4 Å². The first-order valence-corrected chi connectivity index (χ1v) is 10.3. The SMILES string of the molecule is CCCCn1c(SCc2noc(C3CC3)n2)nnc1-c1ccc(OC)cc1. The number of methoxy groups -OCH3 is 1. The molecular formula is C19H23N5O2S. The van der Waals surface area contributed by atoms with Crippen LogP contribution in [0.15, 0.2) is 33.9 Å². The normalized spacial score (nSPS) is 13.9. The Kier molecular flexibility index (Phi) is 5.42. The van der Waals surface area contributed by atoms with Gasteiger partial charge >= 0.3 is 0 Å². The Labute approximate surface area is 162 Å². The van der Waals surface area contributed by atoms with Crippen molar-refractivity contribution in [2.24, 2.45) is 0 Å². The molecule has 8 heteroatoms. The van der Waals surface area contributed by atoms with Crippen molar-refractivity contribution >= 4 is 11.8 Å². The Morgan fingerprint density at radius 2 is 2.04 bits per heavy atom. The highest BCUT2D eigenvalue weighted by atomic mass is 32.2. The number of nitrogens with zero attached hydrogens (tertiary/aromatic N) is 5. The molecule has 0 unspecified atom stereocenters. The van der Waals surface area contributed by atoms with Gasteiger partial charge in [-0.05, 0) is 43.5 Å². The standard InChI is InChI=1S/C19H23N5O2S/c1-3-4-11-24-17(13-7-9-15(25-2)10-8-13)21-22-19(24)27-12-16-20-18(26-23-16)14-5-6-14/h7-10,14H,3-6,11-12H2,1-2H3. The molecule has 7 nitrogen and oxygen atoms in total. The monoisotopic (exact) mass is 385 g/mol. The zero-order chi connectivity index (χ0) is 18.6. The molecule has 1 aromatic carbocycles. The van der Waals surface area contributed by atoms with E-state index in [1.807, 2.05) is 24.3 Å². The fraction of sp³-hybridized carbons (Fsp3) is 0.474. The van der Waals surface area contributed by atoms with Gasteiger partial charge in [0.1, 0.15) is 5.75 Å². The highest BCUT2D eigenvalue weighted by molar-refractivity contribution is 7.98. The van der Waals surface area contributed by atoms with E-state index in [0.29, 0.717) is 11.7 Å². The average Bonchev–Trinajstić information content (AvgIpc) is 3.31. The van der Waals surface area contributed by atoms with E-state index in [1.165, 1.54) is 0 Å². The molecule has 2 aromatic heterocycles. The summed E-state index contributed by atoms with van der Waals surface area (Å²) >= 11 is 1.60. The summed E-state index contributed by atoms with van der Waals surface area (Å²) in [6.45, 7) is 3.07. The summed E-state index contributed by atoms with van der Waals surface area (Å²) in [5.74, 6) is 4.31. The third-order valence-electron chi connectivity index (χ3n) is 4.54. The molecule has 0 bridgehead atoms. The first-order chi connectivity index (χ1) is 13.3. The second-order valence-electron chi connectivity index (χ2n) is 6.65. The van der Waals surface area contributed by atoms with Crippen molar-refractivity contribution in [1.82, 2.24) is 24.9 Å². The number of thioether (sulfide) groups is 1. The number of benzene rings is 1. The van der Waals surface area contributed by atoms with E-state index in [1.54, 1.807) is 18.9 Å². The summed E-state index contributed by atoms with van der Waals surface area (Å²) in [4.78, 5) is 4.49. The zero-order valence-corrected chi connectivity index (χ0v) is 16.4. The number of ether oxygens (including phenoxy) is 1. The molecule has 4 rings (SSSR count). The maximum absolute atomic E-state index is 5.34. The summed E-state index contributed by atoms with van der Waals surface area (Å²) in [6, 6.07) is 7.92. The van der Waals surface area contributed by atoms with Gasteiger partial charge in [0.15, 0.2) is 16.8 Å². The van der Waals surface area contributed by atoms with E-state index >= 15 is 0 Å². The third-order valence-corrected chi connectivity index (χ3v) is 5.50. The van der Waals surface area contributed by atoms with Gasteiger partial charge in [-0.15, -0.1) is 10.2 Å². The quantitative estimate of drug-likeness (QED) is 0.508. The lowest BCUT2D eigenvalue weighted by molar-refractivity contribution is 0.375. The minimum atomic E-state index is 0.478. The Morgan fingerprint density at radius 3 is 2.74 bits per heavy atom. The Bertz CT molecular complexity index is 886. The highest BCUT2D eigenvalue weighted by Crippen LogP contribution is 2.39. The van der Waals surface area contributed by atoms with Gasteiger partial charge in [0.2, 0.25) is 5.89 Å². The fourth-order valence-corrected chi connectivity index (χ4v) is 3.63. The van der Waals surface area contributed by atoms with Crippen molar-refractivity contribution in [1.29, 1.82) is 0 Å². The van der Waals surface area contributed by atoms with Crippen LogP contribution < -0.4 is 4.74 Å². The molecular weight excluding hydrogens is 362 g/mol. The third kappa shape index (κ3) is 4.16. The lowest BCUT2D eigenvalue weighted by Crippen LogP contribution is -2.03. The first kappa shape index (κ1) is 18.0. The van der Waals surface area contributed by atoms with Crippen molar-refractivity contribution in [3.05, 3.63) is 36.0 Å². The smallest absolute Gasteiger partial charge is 0.229 e. The van der Waals surface area contributed by atoms with Gasteiger partial charge in [0, 0.05) is 18.0 Å². The maximum atomic E-state index is 5.34. The number of aromatic nitrogens is 5. The molecule has 0 atom stereocenters. The van der Waals surface area contributed by atoms with E-state index in [9.17, 15) is 0 Å². The van der Waals surface area contributed by atoms with Crippen LogP contribution in [0.5, 0.6) is 5.75 Å². The van der Waals surface area contributed by atoms with Crippen molar-refractivity contribution < 1.29 is 9.26 Å². The Hall–Kier alpha value is -2.35. The predicted molar refractivity (Wildman–Crippen MR) is 103 cm³/mol. The summed E-state index contributed by atoms with van der Waals surface area (Å²) in [5, 5.41) is 13.8. The van der Waals surface area contributed by atoms with Crippen molar-refractivity contribution in [3.8, 4) is 17.1 Å². The summed E-state index contributed by atoms with van der Waals surface area (Å²) < 4.78 is 12.8. The molecule has 142 valence electrons. The maximum Gasteiger partial charge on any atom is 0.229 e. The van der Waals surface area contributed by atoms with Crippen molar-refractivity contribution in [3.63, 3.8) is 0 Å². The second kappa shape index (κ2) is 8.12. The van der Waals surface area contributed by atoms with Crippen LogP contribution in [0.4, 0.5) is 0 Å².